The van der Waals surface area contributed by atoms with Crippen LogP contribution in [0.25, 0.3) is 0 Å². The minimum Gasteiger partial charge on any atom is -0.820 e. The van der Waals surface area contributed by atoms with Crippen molar-refractivity contribution in [2.75, 3.05) is 0 Å². The molecule has 0 amide bonds. The van der Waals surface area contributed by atoms with Crippen LogP contribution in [0.4, 0.5) is 0 Å². The van der Waals surface area contributed by atoms with Crippen molar-refractivity contribution in [1.29, 1.82) is 0 Å². The van der Waals surface area contributed by atoms with Crippen LogP contribution in [0.2, 0.25) is 0 Å². The van der Waals surface area contributed by atoms with Gasteiger partial charge in [-0.25, -0.2) is 0 Å². The topological polar surface area (TPSA) is 41.5 Å². The van der Waals surface area contributed by atoms with Crippen LogP contribution in [-0.4, -0.2) is 7.32 Å². The molecule has 1 aromatic rings. The van der Waals surface area contributed by atoms with Gasteiger partial charge in [0.25, 0.3) is 0 Å². The zero-order valence-corrected chi connectivity index (χ0v) is 5.82. The lowest BCUT2D eigenvalue weighted by molar-refractivity contribution is -0.249. The second-order valence-corrected chi connectivity index (χ2v) is 2.33. The first-order chi connectivity index (χ1) is 5.36. The van der Waals surface area contributed by atoms with Crippen LogP contribution in [0.3, 0.4) is 0 Å². The van der Waals surface area contributed by atoms with Gasteiger partial charge in [-0.3, -0.25) is 0 Å². The highest BCUT2D eigenvalue weighted by Crippen LogP contribution is 2.22. The molecule has 1 aliphatic heterocycles. The molecule has 4 heteroatoms. The van der Waals surface area contributed by atoms with E-state index in [1.165, 1.54) is 0 Å². The average molecular weight is 149 g/mol. The van der Waals surface area contributed by atoms with Gasteiger partial charge in [0.15, 0.2) is 0 Å². The molecule has 3 nitrogen and oxygen atoms in total. The van der Waals surface area contributed by atoms with Crippen LogP contribution in [-0.2, 0) is 11.3 Å². The molecular formula is C7H6BO3-. The lowest BCUT2D eigenvalue weighted by Crippen LogP contribution is -2.43. The van der Waals surface area contributed by atoms with Crippen LogP contribution in [0.5, 0.6) is 5.75 Å². The molecule has 0 N–H and O–H groups in total. The predicted molar refractivity (Wildman–Crippen MR) is 37.6 cm³/mol. The zero-order chi connectivity index (χ0) is 7.68. The molecule has 0 aromatic heterocycles. The van der Waals surface area contributed by atoms with Gasteiger partial charge in [-0.05, 0) is 6.07 Å². The maximum atomic E-state index is 10.7. The van der Waals surface area contributed by atoms with Crippen LogP contribution in [0.1, 0.15) is 5.56 Å². The zero-order valence-electron chi connectivity index (χ0n) is 5.82. The second kappa shape index (κ2) is 2.56. The number of hydrogen-bond donors (Lipinski definition) is 0. The normalized spacial score (nSPS) is 15.5. The molecule has 1 aliphatic rings. The van der Waals surface area contributed by atoms with Gasteiger partial charge in [-0.1, -0.05) is 18.2 Å². The number of hydrogen-bond acceptors (Lipinski definition) is 3. The number of benzene rings is 1. The molecule has 2 rings (SSSR count). The number of rotatable bonds is 0. The van der Waals surface area contributed by atoms with Gasteiger partial charge in [0.05, 0.1) is 6.61 Å². The molecule has 0 saturated carbocycles. The largest absolute Gasteiger partial charge is 0.820 e. The van der Waals surface area contributed by atoms with E-state index in [2.05, 4.69) is 0 Å². The lowest BCUT2D eigenvalue weighted by atomic mass is 10.1. The molecule has 11 heavy (non-hydrogen) atoms. The third-order valence-corrected chi connectivity index (χ3v) is 1.57. The first-order valence-electron chi connectivity index (χ1n) is 3.38. The second-order valence-electron chi connectivity index (χ2n) is 2.33. The molecule has 0 unspecified atom stereocenters. The molecular weight excluding hydrogens is 143 g/mol. The van der Waals surface area contributed by atoms with Crippen molar-refractivity contribution in [3.8, 4) is 5.75 Å². The highest BCUT2D eigenvalue weighted by Gasteiger charge is 2.13. The summed E-state index contributed by atoms with van der Waals surface area (Å²) in [5.74, 6) is 0.638. The van der Waals surface area contributed by atoms with Gasteiger partial charge in [-0.15, -0.1) is 0 Å². The molecule has 0 aliphatic carbocycles. The third-order valence-electron chi connectivity index (χ3n) is 1.57. The molecule has 0 atom stereocenters. The van der Waals surface area contributed by atoms with Gasteiger partial charge >= 0.3 is 7.32 Å². The fourth-order valence-corrected chi connectivity index (χ4v) is 1.03. The van der Waals surface area contributed by atoms with E-state index < -0.39 is 7.32 Å². The van der Waals surface area contributed by atoms with E-state index in [4.69, 9.17) is 9.31 Å². The Bertz CT molecular complexity index is 264. The Morgan fingerprint density at radius 1 is 1.36 bits per heavy atom. The standard InChI is InChI=1S/C7H6BO3/c9-8-10-5-6-3-1-2-4-7(6)11-8/h1-4H,5H2/q-1. The Morgan fingerprint density at radius 3 is 3.09 bits per heavy atom. The van der Waals surface area contributed by atoms with E-state index in [1.54, 1.807) is 6.07 Å². The summed E-state index contributed by atoms with van der Waals surface area (Å²) < 4.78 is 9.58. The summed E-state index contributed by atoms with van der Waals surface area (Å²) in [6.07, 6.45) is 0. The summed E-state index contributed by atoms with van der Waals surface area (Å²) in [6, 6.07) is 7.36. The molecule has 0 bridgehead atoms. The van der Waals surface area contributed by atoms with Crippen molar-refractivity contribution in [3.05, 3.63) is 29.8 Å². The Labute approximate surface area is 64.7 Å². The molecule has 0 fully saturated rings. The van der Waals surface area contributed by atoms with Gasteiger partial charge < -0.3 is 14.3 Å². The molecule has 1 aromatic carbocycles. The van der Waals surface area contributed by atoms with Gasteiger partial charge in [0.1, 0.15) is 5.75 Å². The van der Waals surface area contributed by atoms with Crippen LogP contribution in [0.15, 0.2) is 24.3 Å². The summed E-state index contributed by atoms with van der Waals surface area (Å²) in [7, 11) is -1.36. The molecule has 0 saturated heterocycles. The molecule has 0 spiro atoms. The smallest absolute Gasteiger partial charge is 0.418 e. The molecule has 0 radical (unpaired) electrons. The molecule has 1 heterocycles. The maximum absolute atomic E-state index is 10.7. The highest BCUT2D eigenvalue weighted by molar-refractivity contribution is 6.33. The van der Waals surface area contributed by atoms with Gasteiger partial charge in [0, 0.05) is 5.56 Å². The van der Waals surface area contributed by atoms with Crippen molar-refractivity contribution < 1.29 is 14.3 Å². The average Bonchev–Trinajstić information content (AvgIpc) is 2.04. The SMILES string of the molecule is [O-]B1OCc2ccccc2O1. The van der Waals surface area contributed by atoms with Crippen molar-refractivity contribution in [1.82, 2.24) is 0 Å². The minimum atomic E-state index is -1.36. The molecule has 56 valence electrons. The van der Waals surface area contributed by atoms with Crippen LogP contribution < -0.4 is 9.68 Å². The van der Waals surface area contributed by atoms with Crippen molar-refractivity contribution in [2.45, 2.75) is 6.61 Å². The Morgan fingerprint density at radius 2 is 2.18 bits per heavy atom. The summed E-state index contributed by atoms with van der Waals surface area (Å²) in [6.45, 7) is 0.352. The summed E-state index contributed by atoms with van der Waals surface area (Å²) >= 11 is 0. The summed E-state index contributed by atoms with van der Waals surface area (Å²) in [5.41, 5.74) is 0.930. The summed E-state index contributed by atoms with van der Waals surface area (Å²) in [5, 5.41) is 10.7. The highest BCUT2D eigenvalue weighted by atomic mass is 16.7. The van der Waals surface area contributed by atoms with Crippen molar-refractivity contribution in [2.24, 2.45) is 0 Å². The van der Waals surface area contributed by atoms with E-state index in [9.17, 15) is 5.02 Å². The fraction of sp³-hybridized carbons (Fsp3) is 0.143. The monoisotopic (exact) mass is 149 g/mol. The lowest BCUT2D eigenvalue weighted by Gasteiger charge is -2.27. The van der Waals surface area contributed by atoms with E-state index in [1.807, 2.05) is 18.2 Å². The number of fused-ring (bicyclic) bond motifs is 1. The van der Waals surface area contributed by atoms with Crippen molar-refractivity contribution in [3.63, 3.8) is 0 Å². The fourth-order valence-electron chi connectivity index (χ4n) is 1.03. The summed E-state index contributed by atoms with van der Waals surface area (Å²) in [4.78, 5) is 0. The van der Waals surface area contributed by atoms with Crippen LogP contribution in [0, 0.1) is 0 Å². The van der Waals surface area contributed by atoms with E-state index in [0.717, 1.165) is 5.56 Å². The Kier molecular flexibility index (Phi) is 1.56. The quantitative estimate of drug-likeness (QED) is 0.485. The van der Waals surface area contributed by atoms with E-state index in [0.29, 0.717) is 12.4 Å². The third kappa shape index (κ3) is 1.22. The number of para-hydroxylation sites is 1. The van der Waals surface area contributed by atoms with Crippen molar-refractivity contribution >= 4 is 7.32 Å². The van der Waals surface area contributed by atoms with Gasteiger partial charge in [-0.2, -0.15) is 0 Å². The van der Waals surface area contributed by atoms with E-state index >= 15 is 0 Å². The first kappa shape index (κ1) is 6.70. The Hall–Kier alpha value is -0.995. The minimum absolute atomic E-state index is 0.352. The van der Waals surface area contributed by atoms with Gasteiger partial charge in [0.2, 0.25) is 0 Å². The predicted octanol–water partition coefficient (Wildman–Crippen LogP) is -0.0592. The maximum Gasteiger partial charge on any atom is 0.418 e. The Balaban J connectivity index is 2.34. The first-order valence-corrected chi connectivity index (χ1v) is 3.38. The van der Waals surface area contributed by atoms with Crippen LogP contribution >= 0.6 is 0 Å². The van der Waals surface area contributed by atoms with E-state index in [-0.39, 0.29) is 0 Å².